The van der Waals surface area contributed by atoms with Gasteiger partial charge < -0.3 is 24.2 Å². The molecule has 0 aliphatic carbocycles. The van der Waals surface area contributed by atoms with Crippen LogP contribution in [0.2, 0.25) is 0 Å². The van der Waals surface area contributed by atoms with E-state index in [0.29, 0.717) is 5.75 Å². The zero-order valence-electron chi connectivity index (χ0n) is 25.0. The number of benzene rings is 1. The van der Waals surface area contributed by atoms with Gasteiger partial charge in [-0.1, -0.05) is 31.9 Å². The number of carboxylic acid groups (broad SMARTS) is 1. The number of esters is 1. The molecule has 237 valence electrons. The Bertz CT molecular complexity index is 947. The molecule has 9 nitrogen and oxygen atoms in total. The van der Waals surface area contributed by atoms with Crippen LogP contribution in [0, 0.1) is 0 Å². The number of ether oxygens (including phenoxy) is 3. The standard InChI is InChI=1S/C16H24O3.C7H12N2.C4H6O4.CBr4.Y/c1-5-6-7-8-13-9-11-14(12-10-13)18-15(17)19-16(2,3)4;1-3-7-8-4-2-6-9(7)5-1;1-8-4(7)2-3(5)6;2-1(3,4)5;/h9-12H,5-8H2,1-4H3;1-6H2;2H2,1H3,(H,5,6);;. The van der Waals surface area contributed by atoms with Crippen LogP contribution in [-0.4, -0.2) is 67.3 Å². The van der Waals surface area contributed by atoms with Gasteiger partial charge in [-0.25, -0.2) is 4.79 Å². The molecular formula is C28H42Br4N2O7Y. The second kappa shape index (κ2) is 24.2. The van der Waals surface area contributed by atoms with Gasteiger partial charge in [0.15, 0.2) is 1.05 Å². The number of hydrogen-bond donors (Lipinski definition) is 1. The molecule has 0 bridgehead atoms. The van der Waals surface area contributed by atoms with Crippen LogP contribution in [0.15, 0.2) is 29.3 Å². The molecule has 0 atom stereocenters. The Hall–Kier alpha value is -0.0761. The second-order valence-electron chi connectivity index (χ2n) is 9.98. The molecule has 2 aliphatic heterocycles. The summed E-state index contributed by atoms with van der Waals surface area (Å²) >= 11 is 12.5. The number of aryl methyl sites for hydroxylation is 1. The van der Waals surface area contributed by atoms with Gasteiger partial charge in [0.25, 0.3) is 0 Å². The molecule has 14 heteroatoms. The Kier molecular flexibility index (Phi) is 25.4. The van der Waals surface area contributed by atoms with Crippen molar-refractivity contribution in [2.45, 2.75) is 85.7 Å². The van der Waals surface area contributed by atoms with Gasteiger partial charge in [-0.2, -0.15) is 0 Å². The SMILES string of the molecule is BrC(Br)(Br)Br.C1CN=C2CCCN2C1.CCCCCc1ccc(OC(=O)OC(C)(C)C)cc1.COC(=O)CC(=O)O.[Y]. The summed E-state index contributed by atoms with van der Waals surface area (Å²) in [4.78, 5) is 38.0. The first-order chi connectivity index (χ1) is 19.0. The number of hydrogen-bond acceptors (Lipinski definition) is 8. The predicted molar refractivity (Wildman–Crippen MR) is 177 cm³/mol. The van der Waals surface area contributed by atoms with Crippen molar-refractivity contribution < 1.29 is 66.4 Å². The number of rotatable bonds is 7. The van der Waals surface area contributed by atoms with Gasteiger partial charge in [-0.15, -0.1) is 0 Å². The van der Waals surface area contributed by atoms with E-state index in [2.05, 4.69) is 85.3 Å². The molecule has 3 rings (SSSR count). The number of methoxy groups -OCH3 is 1. The van der Waals surface area contributed by atoms with Crippen LogP contribution in [0.5, 0.6) is 5.75 Å². The molecule has 1 aromatic rings. The van der Waals surface area contributed by atoms with Gasteiger partial charge in [-0.3, -0.25) is 14.6 Å². The van der Waals surface area contributed by atoms with Crippen LogP contribution < -0.4 is 4.74 Å². The van der Waals surface area contributed by atoms with Gasteiger partial charge in [0.1, 0.15) is 17.8 Å². The number of alkyl halides is 4. The molecule has 42 heavy (non-hydrogen) atoms. The quantitative estimate of drug-likeness (QED) is 0.0954. The molecule has 1 radical (unpaired) electrons. The van der Waals surface area contributed by atoms with Gasteiger partial charge >= 0.3 is 18.1 Å². The van der Waals surface area contributed by atoms with E-state index >= 15 is 0 Å². The number of carbonyl (C=O) groups is 3. The minimum absolute atomic E-state index is 0. The van der Waals surface area contributed by atoms with E-state index in [4.69, 9.17) is 14.6 Å². The molecule has 2 heterocycles. The molecule has 0 aromatic heterocycles. The molecule has 1 N–H and O–H groups in total. The van der Waals surface area contributed by atoms with Crippen LogP contribution in [-0.2, 0) is 58.2 Å². The Morgan fingerprint density at radius 1 is 1.00 bits per heavy atom. The maximum Gasteiger partial charge on any atom is 0.514 e. The van der Waals surface area contributed by atoms with Gasteiger partial charge in [0, 0.05) is 58.8 Å². The van der Waals surface area contributed by atoms with E-state index in [1.54, 1.807) is 0 Å². The number of carbonyl (C=O) groups excluding carboxylic acids is 2. The first-order valence-corrected chi connectivity index (χ1v) is 16.5. The number of amidine groups is 1. The smallest absolute Gasteiger partial charge is 0.481 e. The summed E-state index contributed by atoms with van der Waals surface area (Å²) in [5.74, 6) is 0.00379. The van der Waals surface area contributed by atoms with E-state index in [9.17, 15) is 14.4 Å². The molecule has 1 fully saturated rings. The van der Waals surface area contributed by atoms with Crippen molar-refractivity contribution in [2.75, 3.05) is 26.7 Å². The maximum absolute atomic E-state index is 11.5. The van der Waals surface area contributed by atoms with Gasteiger partial charge in [-0.05, 0) is 128 Å². The first-order valence-electron chi connectivity index (χ1n) is 13.4. The molecule has 1 aromatic carbocycles. The average Bonchev–Trinajstić information content (AvgIpc) is 3.32. The van der Waals surface area contributed by atoms with Crippen LogP contribution in [0.1, 0.15) is 78.2 Å². The Balaban J connectivity index is 0. The summed E-state index contributed by atoms with van der Waals surface area (Å²) < 4.78 is 14.0. The maximum atomic E-state index is 11.5. The molecular weight excluding hydrogens is 885 g/mol. The number of carboxylic acids is 1. The Morgan fingerprint density at radius 2 is 1.57 bits per heavy atom. The molecule has 2 aliphatic rings. The number of unbranched alkanes of at least 4 members (excludes halogenated alkanes) is 2. The Morgan fingerprint density at radius 3 is 2.02 bits per heavy atom. The van der Waals surface area contributed by atoms with Crippen molar-refractivity contribution in [3.05, 3.63) is 29.8 Å². The minimum Gasteiger partial charge on any atom is -0.481 e. The van der Waals surface area contributed by atoms with Crippen molar-refractivity contribution in [3.63, 3.8) is 0 Å². The number of fused-ring (bicyclic) bond motifs is 1. The number of halogens is 4. The topological polar surface area (TPSA) is 115 Å². The molecule has 1 saturated heterocycles. The largest absolute Gasteiger partial charge is 0.514 e. The first kappa shape index (κ1) is 44.1. The van der Waals surface area contributed by atoms with Crippen molar-refractivity contribution in [3.8, 4) is 5.75 Å². The van der Waals surface area contributed by atoms with Crippen LogP contribution in [0.3, 0.4) is 0 Å². The monoisotopic (exact) mass is 923 g/mol. The zero-order valence-corrected chi connectivity index (χ0v) is 34.2. The third-order valence-electron chi connectivity index (χ3n) is 5.18. The summed E-state index contributed by atoms with van der Waals surface area (Å²) in [5.41, 5.74) is 0.738. The number of nitrogens with zero attached hydrogens (tertiary/aromatic N) is 2. The summed E-state index contributed by atoms with van der Waals surface area (Å²) in [6.07, 6.45) is 7.35. The molecule has 0 unspecified atom stereocenters. The zero-order chi connectivity index (χ0) is 31.5. The van der Waals surface area contributed by atoms with E-state index in [-0.39, 0.29) is 33.8 Å². The van der Waals surface area contributed by atoms with Crippen molar-refractivity contribution >= 4 is 87.6 Å². The normalized spacial score (nSPS) is 13.5. The van der Waals surface area contributed by atoms with Crippen LogP contribution in [0.25, 0.3) is 0 Å². The summed E-state index contributed by atoms with van der Waals surface area (Å²) in [6.45, 7) is 11.2. The van der Waals surface area contributed by atoms with Crippen molar-refractivity contribution in [1.82, 2.24) is 4.90 Å². The number of aliphatic imine (C=N–C) groups is 1. The second-order valence-corrected chi connectivity index (χ2v) is 21.1. The summed E-state index contributed by atoms with van der Waals surface area (Å²) in [7, 11) is 1.14. The fourth-order valence-electron chi connectivity index (χ4n) is 3.47. The minimum atomic E-state index is -1.17. The average molecular weight is 927 g/mol. The van der Waals surface area contributed by atoms with Crippen LogP contribution >= 0.6 is 63.7 Å². The van der Waals surface area contributed by atoms with Gasteiger partial charge in [0.2, 0.25) is 0 Å². The van der Waals surface area contributed by atoms with Crippen molar-refractivity contribution in [1.29, 1.82) is 0 Å². The molecule has 0 saturated carbocycles. The van der Waals surface area contributed by atoms with E-state index in [1.807, 2.05) is 45.0 Å². The van der Waals surface area contributed by atoms with Crippen molar-refractivity contribution in [2.24, 2.45) is 4.99 Å². The predicted octanol–water partition coefficient (Wildman–Crippen LogP) is 8.43. The third kappa shape index (κ3) is 27.5. The van der Waals surface area contributed by atoms with Crippen LogP contribution in [0.4, 0.5) is 4.79 Å². The molecule has 0 spiro atoms. The van der Waals surface area contributed by atoms with E-state index in [0.717, 1.165) is 20.1 Å². The fraction of sp³-hybridized carbons (Fsp3) is 0.643. The van der Waals surface area contributed by atoms with E-state index < -0.39 is 30.1 Å². The van der Waals surface area contributed by atoms with E-state index in [1.165, 1.54) is 63.0 Å². The fourth-order valence-corrected chi connectivity index (χ4v) is 3.47. The summed E-state index contributed by atoms with van der Waals surface area (Å²) in [6, 6.07) is 7.61. The summed E-state index contributed by atoms with van der Waals surface area (Å²) in [5, 5.41) is 7.91. The van der Waals surface area contributed by atoms with Gasteiger partial charge in [0.05, 0.1) is 12.9 Å². The molecule has 0 amide bonds. The number of aliphatic carboxylic acids is 1. The Labute approximate surface area is 309 Å². The third-order valence-corrected chi connectivity index (χ3v) is 5.18.